The highest BCUT2D eigenvalue weighted by molar-refractivity contribution is 6.39. The minimum absolute atomic E-state index is 0.140. The summed E-state index contributed by atoms with van der Waals surface area (Å²) in [6, 6.07) is 0. The number of ketones is 1. The number of nitrogens with zero attached hydrogens (tertiary/aromatic N) is 2. The van der Waals surface area contributed by atoms with Crippen molar-refractivity contribution in [2.75, 3.05) is 14.1 Å². The van der Waals surface area contributed by atoms with Gasteiger partial charge in [-0.25, -0.2) is 0 Å². The molecule has 0 saturated heterocycles. The first kappa shape index (κ1) is 10.1. The molecule has 0 rings (SSSR count). The molecule has 0 fully saturated rings. The molecule has 64 valence electrons. The van der Waals surface area contributed by atoms with Crippen LogP contribution in [0.5, 0.6) is 0 Å². The Morgan fingerprint density at radius 1 is 1.27 bits per heavy atom. The van der Waals surface area contributed by atoms with E-state index in [4.69, 9.17) is 0 Å². The number of hydrogen-bond donors (Lipinski definition) is 0. The predicted octanol–water partition coefficient (Wildman–Crippen LogP) is 1.29. The van der Waals surface area contributed by atoms with E-state index >= 15 is 0 Å². The molecule has 0 aromatic carbocycles. The molecular weight excluding hydrogens is 140 g/mol. The largest absolute Gasteiger partial charge is 0.303 e. The standard InChI is InChI=1S/C8H16N2O/c1-5-7(8(11)6-2)9-10(3)4/h5-6H2,1-4H3. The first-order valence-electron chi connectivity index (χ1n) is 3.89. The molecule has 0 bridgehead atoms. The zero-order valence-corrected chi connectivity index (χ0v) is 7.72. The summed E-state index contributed by atoms with van der Waals surface area (Å²) in [5.41, 5.74) is 0.664. The second-order valence-corrected chi connectivity index (χ2v) is 2.52. The molecule has 0 aromatic heterocycles. The molecule has 0 aliphatic carbocycles. The molecule has 0 radical (unpaired) electrons. The van der Waals surface area contributed by atoms with Crippen molar-refractivity contribution >= 4 is 11.5 Å². The summed E-state index contributed by atoms with van der Waals surface area (Å²) in [6.07, 6.45) is 1.26. The van der Waals surface area contributed by atoms with Gasteiger partial charge in [0, 0.05) is 20.5 Å². The normalized spacial score (nSPS) is 11.5. The zero-order valence-electron chi connectivity index (χ0n) is 7.72. The van der Waals surface area contributed by atoms with Crippen LogP contribution in [-0.4, -0.2) is 30.6 Å². The Balaban J connectivity index is 4.27. The number of carbonyl (C=O) groups excluding carboxylic acids is 1. The first-order chi connectivity index (χ1) is 5.11. The van der Waals surface area contributed by atoms with Crippen molar-refractivity contribution in [2.24, 2.45) is 5.10 Å². The lowest BCUT2D eigenvalue weighted by Gasteiger charge is -2.06. The molecule has 0 saturated carbocycles. The fourth-order valence-electron chi connectivity index (χ4n) is 0.769. The summed E-state index contributed by atoms with van der Waals surface area (Å²) in [5, 5.41) is 5.73. The number of rotatable bonds is 4. The maximum atomic E-state index is 11.1. The van der Waals surface area contributed by atoms with Gasteiger partial charge in [-0.3, -0.25) is 4.79 Å². The van der Waals surface area contributed by atoms with E-state index in [1.165, 1.54) is 0 Å². The summed E-state index contributed by atoms with van der Waals surface area (Å²) < 4.78 is 0. The molecule has 0 heterocycles. The summed E-state index contributed by atoms with van der Waals surface area (Å²) in [6.45, 7) is 3.79. The Bertz CT molecular complexity index is 161. The summed E-state index contributed by atoms with van der Waals surface area (Å²) in [5.74, 6) is 0.140. The van der Waals surface area contributed by atoms with E-state index in [2.05, 4.69) is 5.10 Å². The van der Waals surface area contributed by atoms with E-state index in [1.54, 1.807) is 5.01 Å². The van der Waals surface area contributed by atoms with E-state index in [0.29, 0.717) is 18.6 Å². The quantitative estimate of drug-likeness (QED) is 0.454. The van der Waals surface area contributed by atoms with Crippen LogP contribution in [0.15, 0.2) is 5.10 Å². The highest BCUT2D eigenvalue weighted by atomic mass is 16.1. The van der Waals surface area contributed by atoms with Crippen LogP contribution in [0.25, 0.3) is 0 Å². The highest BCUT2D eigenvalue weighted by Gasteiger charge is 2.05. The Kier molecular flexibility index (Phi) is 4.50. The third-order valence-corrected chi connectivity index (χ3v) is 1.30. The lowest BCUT2D eigenvalue weighted by Crippen LogP contribution is -2.16. The van der Waals surface area contributed by atoms with Gasteiger partial charge in [-0.15, -0.1) is 0 Å². The predicted molar refractivity (Wildman–Crippen MR) is 46.7 cm³/mol. The van der Waals surface area contributed by atoms with Crippen LogP contribution in [0.1, 0.15) is 26.7 Å². The second-order valence-electron chi connectivity index (χ2n) is 2.52. The first-order valence-corrected chi connectivity index (χ1v) is 3.89. The van der Waals surface area contributed by atoms with Crippen molar-refractivity contribution in [3.05, 3.63) is 0 Å². The molecule has 11 heavy (non-hydrogen) atoms. The summed E-state index contributed by atoms with van der Waals surface area (Å²) in [7, 11) is 3.64. The lowest BCUT2D eigenvalue weighted by atomic mass is 10.1. The third kappa shape index (κ3) is 3.75. The SMILES string of the molecule is CCC(=O)C(CC)=NN(C)C. The average molecular weight is 156 g/mol. The smallest absolute Gasteiger partial charge is 0.178 e. The Hall–Kier alpha value is -0.860. The lowest BCUT2D eigenvalue weighted by molar-refractivity contribution is -0.112. The van der Waals surface area contributed by atoms with Crippen molar-refractivity contribution in [3.63, 3.8) is 0 Å². The number of Topliss-reactive ketones (excluding diaryl/α,β-unsaturated/α-hetero) is 1. The topological polar surface area (TPSA) is 32.7 Å². The van der Waals surface area contributed by atoms with Gasteiger partial charge in [-0.1, -0.05) is 13.8 Å². The Labute approximate surface area is 68.1 Å². The van der Waals surface area contributed by atoms with Gasteiger partial charge >= 0.3 is 0 Å². The van der Waals surface area contributed by atoms with E-state index < -0.39 is 0 Å². The van der Waals surface area contributed by atoms with Crippen molar-refractivity contribution in [1.29, 1.82) is 0 Å². The molecule has 0 aromatic rings. The van der Waals surface area contributed by atoms with Gasteiger partial charge in [0.05, 0.1) is 0 Å². The molecule has 0 N–H and O–H groups in total. The number of carbonyl (C=O) groups is 1. The van der Waals surface area contributed by atoms with Crippen molar-refractivity contribution in [2.45, 2.75) is 26.7 Å². The van der Waals surface area contributed by atoms with Crippen molar-refractivity contribution < 1.29 is 4.79 Å². The van der Waals surface area contributed by atoms with Gasteiger partial charge in [0.25, 0.3) is 0 Å². The molecule has 0 atom stereocenters. The minimum atomic E-state index is 0.140. The molecule has 0 aliphatic heterocycles. The van der Waals surface area contributed by atoms with Gasteiger partial charge in [-0.2, -0.15) is 5.10 Å². The van der Waals surface area contributed by atoms with Gasteiger partial charge in [0.1, 0.15) is 5.71 Å². The summed E-state index contributed by atoms with van der Waals surface area (Å²) in [4.78, 5) is 11.1. The van der Waals surface area contributed by atoms with Crippen LogP contribution in [0.3, 0.4) is 0 Å². The third-order valence-electron chi connectivity index (χ3n) is 1.30. The average Bonchev–Trinajstić information content (AvgIpc) is 1.98. The fraction of sp³-hybridized carbons (Fsp3) is 0.750. The molecular formula is C8H16N2O. The molecule has 0 amide bonds. The van der Waals surface area contributed by atoms with Crippen LogP contribution in [0, 0.1) is 0 Å². The summed E-state index contributed by atoms with van der Waals surface area (Å²) >= 11 is 0. The van der Waals surface area contributed by atoms with E-state index in [-0.39, 0.29) is 5.78 Å². The monoisotopic (exact) mass is 156 g/mol. The Morgan fingerprint density at radius 3 is 2.09 bits per heavy atom. The van der Waals surface area contributed by atoms with Crippen LogP contribution in [-0.2, 0) is 4.79 Å². The molecule has 0 unspecified atom stereocenters. The maximum Gasteiger partial charge on any atom is 0.178 e. The van der Waals surface area contributed by atoms with Crippen LogP contribution >= 0.6 is 0 Å². The molecule has 3 heteroatoms. The number of hydrazone groups is 1. The highest BCUT2D eigenvalue weighted by Crippen LogP contribution is 1.93. The maximum absolute atomic E-state index is 11.1. The molecule has 0 aliphatic rings. The van der Waals surface area contributed by atoms with Crippen molar-refractivity contribution in [3.8, 4) is 0 Å². The van der Waals surface area contributed by atoms with Crippen LogP contribution < -0.4 is 0 Å². The van der Waals surface area contributed by atoms with Crippen molar-refractivity contribution in [1.82, 2.24) is 5.01 Å². The second kappa shape index (κ2) is 4.88. The van der Waals surface area contributed by atoms with Gasteiger partial charge in [0.15, 0.2) is 5.78 Å². The Morgan fingerprint density at radius 2 is 1.82 bits per heavy atom. The van der Waals surface area contributed by atoms with Crippen LogP contribution in [0.2, 0.25) is 0 Å². The fourth-order valence-corrected chi connectivity index (χ4v) is 0.769. The molecule has 3 nitrogen and oxygen atoms in total. The van der Waals surface area contributed by atoms with Crippen LogP contribution in [0.4, 0.5) is 0 Å². The van der Waals surface area contributed by atoms with E-state index in [9.17, 15) is 4.79 Å². The van der Waals surface area contributed by atoms with Gasteiger partial charge < -0.3 is 5.01 Å². The molecule has 0 spiro atoms. The zero-order chi connectivity index (χ0) is 8.85. The van der Waals surface area contributed by atoms with E-state index in [1.807, 2.05) is 27.9 Å². The van der Waals surface area contributed by atoms with Gasteiger partial charge in [-0.05, 0) is 6.42 Å². The minimum Gasteiger partial charge on any atom is -0.303 e. The van der Waals surface area contributed by atoms with Gasteiger partial charge in [0.2, 0.25) is 0 Å². The van der Waals surface area contributed by atoms with E-state index in [0.717, 1.165) is 0 Å². The number of hydrogen-bond acceptors (Lipinski definition) is 3.